The Hall–Kier alpha value is -6.56. The van der Waals surface area contributed by atoms with Gasteiger partial charge in [0.2, 0.25) is 17.7 Å². The number of aliphatic carboxylic acids is 1. The molecule has 352 valence electrons. The van der Waals surface area contributed by atoms with E-state index in [1.165, 1.54) is 41.8 Å². The lowest BCUT2D eigenvalue weighted by molar-refractivity contribution is -0.161. The number of Topliss-reactive ketones (excluding diaryl/α,β-unsaturated/α-hetero) is 1. The van der Waals surface area contributed by atoms with Gasteiger partial charge in [-0.1, -0.05) is 48.5 Å². The van der Waals surface area contributed by atoms with Crippen LogP contribution < -0.4 is 25.4 Å². The molecule has 0 radical (unpaired) electrons. The first-order valence-electron chi connectivity index (χ1n) is 21.8. The number of fused-ring (bicyclic) bond motifs is 1. The minimum Gasteiger partial charge on any atom is -0.480 e. The number of ketones is 1. The summed E-state index contributed by atoms with van der Waals surface area (Å²) in [5, 5.41) is 17.7. The molecule has 2 saturated heterocycles. The maximum absolute atomic E-state index is 13.8. The number of thioether (sulfide) groups is 1. The molecule has 4 N–H and O–H groups in total. The van der Waals surface area contributed by atoms with Crippen molar-refractivity contribution in [1.29, 1.82) is 0 Å². The first-order chi connectivity index (χ1) is 31.3. The zero-order valence-electron chi connectivity index (χ0n) is 38.0. The molecule has 5 rings (SSSR count). The SMILES string of the molecule is CC(=O)Oc1cccc(C(=O)NCCCN(CCCCNC(=O)c2cccc(C)c2C)C(=O)CCC(=O)C[C@@H](C(=O)N[C@@H]2C(=O)N3[C@@H]2SC(C)(C)[C@@H]3C(=O)O)c2ccccc2)c1OC(C)=O. The fourth-order valence-electron chi connectivity index (χ4n) is 8.01. The highest BCUT2D eigenvalue weighted by atomic mass is 32.2. The Kier molecular flexibility index (Phi) is 17.2. The lowest BCUT2D eigenvalue weighted by atomic mass is 9.90. The molecule has 5 amide bonds. The van der Waals surface area contributed by atoms with Gasteiger partial charge in [-0.25, -0.2) is 4.79 Å². The van der Waals surface area contributed by atoms with Crippen molar-refractivity contribution >= 4 is 65.0 Å². The minimum atomic E-state index is -1.13. The second kappa shape index (κ2) is 22.6. The quantitative estimate of drug-likeness (QED) is 0.0472. The van der Waals surface area contributed by atoms with Crippen LogP contribution in [-0.4, -0.2) is 117 Å². The molecule has 4 atom stereocenters. The van der Waals surface area contributed by atoms with Crippen LogP contribution in [0.1, 0.15) is 110 Å². The summed E-state index contributed by atoms with van der Waals surface area (Å²) in [6, 6.07) is 16.4. The topological polar surface area (TPSA) is 235 Å². The number of hydrogen-bond acceptors (Lipinski definition) is 12. The zero-order valence-corrected chi connectivity index (χ0v) is 38.8. The molecule has 2 heterocycles. The van der Waals surface area contributed by atoms with E-state index in [4.69, 9.17) is 9.47 Å². The number of aryl methyl sites for hydroxylation is 1. The second-order valence-electron chi connectivity index (χ2n) is 16.8. The number of β-lactam (4-membered cyclic amide) rings is 1. The largest absolute Gasteiger partial charge is 0.480 e. The van der Waals surface area contributed by atoms with E-state index in [1.54, 1.807) is 55.1 Å². The average molecular weight is 928 g/mol. The average Bonchev–Trinajstić information content (AvgIpc) is 3.53. The van der Waals surface area contributed by atoms with Crippen molar-refractivity contribution in [3.05, 3.63) is 94.5 Å². The number of carbonyl (C=O) groups is 9. The van der Waals surface area contributed by atoms with Crippen LogP contribution in [0, 0.1) is 13.8 Å². The van der Waals surface area contributed by atoms with Gasteiger partial charge in [-0.3, -0.25) is 38.4 Å². The summed E-state index contributed by atoms with van der Waals surface area (Å²) in [6.45, 7) is 10.5. The van der Waals surface area contributed by atoms with Crippen LogP contribution in [-0.2, 0) is 33.6 Å². The van der Waals surface area contributed by atoms with Crippen LogP contribution in [0.25, 0.3) is 0 Å². The summed E-state index contributed by atoms with van der Waals surface area (Å²) >= 11 is 1.29. The van der Waals surface area contributed by atoms with Crippen LogP contribution in [0.15, 0.2) is 66.7 Å². The summed E-state index contributed by atoms with van der Waals surface area (Å²) in [5.74, 6) is -6.45. The van der Waals surface area contributed by atoms with E-state index in [-0.39, 0.29) is 73.6 Å². The van der Waals surface area contributed by atoms with Crippen molar-refractivity contribution < 1.29 is 57.7 Å². The van der Waals surface area contributed by atoms with Crippen LogP contribution in [0.3, 0.4) is 0 Å². The van der Waals surface area contributed by atoms with Gasteiger partial charge < -0.3 is 40.3 Å². The van der Waals surface area contributed by atoms with E-state index < -0.39 is 63.8 Å². The van der Waals surface area contributed by atoms with Gasteiger partial charge in [0, 0.05) is 69.6 Å². The first-order valence-corrected chi connectivity index (χ1v) is 22.7. The number of nitrogens with one attached hydrogen (secondary N) is 3. The van der Waals surface area contributed by atoms with Gasteiger partial charge in [0.25, 0.3) is 11.8 Å². The van der Waals surface area contributed by atoms with Crippen LogP contribution in [0.5, 0.6) is 11.5 Å². The number of nitrogens with zero attached hydrogens (tertiary/aromatic N) is 2. The van der Waals surface area contributed by atoms with E-state index in [2.05, 4.69) is 16.0 Å². The van der Waals surface area contributed by atoms with Crippen LogP contribution in [0.2, 0.25) is 0 Å². The Morgan fingerprint density at radius 2 is 1.41 bits per heavy atom. The second-order valence-corrected chi connectivity index (χ2v) is 18.6. The number of amides is 5. The molecule has 0 bridgehead atoms. The van der Waals surface area contributed by atoms with E-state index in [9.17, 15) is 48.3 Å². The third-order valence-corrected chi connectivity index (χ3v) is 13.1. The van der Waals surface area contributed by atoms with E-state index in [0.29, 0.717) is 36.9 Å². The van der Waals surface area contributed by atoms with Gasteiger partial charge in [-0.2, -0.15) is 0 Å². The number of carbonyl (C=O) groups excluding carboxylic acids is 8. The molecule has 0 unspecified atom stereocenters. The lowest BCUT2D eigenvalue weighted by Gasteiger charge is -2.44. The summed E-state index contributed by atoms with van der Waals surface area (Å²) in [7, 11) is 0. The molecule has 18 heteroatoms. The van der Waals surface area contributed by atoms with Crippen molar-refractivity contribution in [2.24, 2.45) is 0 Å². The molecule has 0 saturated carbocycles. The van der Waals surface area contributed by atoms with Gasteiger partial charge in [0.15, 0.2) is 11.5 Å². The summed E-state index contributed by atoms with van der Waals surface area (Å²) in [4.78, 5) is 119. The highest BCUT2D eigenvalue weighted by Crippen LogP contribution is 2.51. The highest BCUT2D eigenvalue weighted by molar-refractivity contribution is 8.01. The fourth-order valence-corrected chi connectivity index (χ4v) is 9.64. The number of hydrogen-bond donors (Lipinski definition) is 4. The summed E-state index contributed by atoms with van der Waals surface area (Å²) in [6.07, 6.45) is 0.720. The number of unbranched alkanes of at least 4 members (excludes halogenated alkanes) is 1. The fraction of sp³-hybridized carbons (Fsp3) is 0.438. The third-order valence-electron chi connectivity index (χ3n) is 11.5. The molecule has 3 aromatic rings. The molecule has 2 fully saturated rings. The van der Waals surface area contributed by atoms with Gasteiger partial charge in [-0.15, -0.1) is 11.8 Å². The summed E-state index contributed by atoms with van der Waals surface area (Å²) < 4.78 is 9.56. The molecule has 17 nitrogen and oxygen atoms in total. The Morgan fingerprint density at radius 1 is 0.788 bits per heavy atom. The number of para-hydroxylation sites is 1. The molecule has 0 aromatic heterocycles. The van der Waals surface area contributed by atoms with Crippen molar-refractivity contribution in [1.82, 2.24) is 25.8 Å². The van der Waals surface area contributed by atoms with Gasteiger partial charge in [0.1, 0.15) is 23.2 Å². The van der Waals surface area contributed by atoms with Crippen molar-refractivity contribution in [3.8, 4) is 11.5 Å². The Bertz CT molecular complexity index is 2350. The van der Waals surface area contributed by atoms with Gasteiger partial charge >= 0.3 is 17.9 Å². The monoisotopic (exact) mass is 927 g/mol. The predicted molar refractivity (Wildman–Crippen MR) is 244 cm³/mol. The van der Waals surface area contributed by atoms with E-state index >= 15 is 0 Å². The maximum Gasteiger partial charge on any atom is 0.327 e. The predicted octanol–water partition coefficient (Wildman–Crippen LogP) is 4.47. The molecule has 2 aliphatic heterocycles. The standard InChI is InChI=1S/C48H57N5O12S/c1-28-15-12-18-34(29(28)2)42(58)49-23-10-11-25-52(26-14-24-50-43(59)35-19-13-20-37(64-30(3)54)40(35)65-31(4)55)38(57)22-21-33(56)27-36(32-16-8-7-9-17-32)44(60)51-39-45(61)53-41(47(62)63)48(5,6)66-46(39)53/h7-9,12-13,15-20,36,39,41,46H,10-11,14,21-27H2,1-6H3,(H,49,58)(H,50,59)(H,51,60)(H,62,63)/t36-,39-,41+,46-/m1/s1. The Labute approximate surface area is 387 Å². The number of carboxylic acid groups (broad SMARTS) is 1. The zero-order chi connectivity index (χ0) is 48.3. The smallest absolute Gasteiger partial charge is 0.327 e. The van der Waals surface area contributed by atoms with E-state index in [0.717, 1.165) is 18.1 Å². The first kappa shape index (κ1) is 50.4. The number of benzene rings is 3. The third kappa shape index (κ3) is 12.6. The molecule has 0 spiro atoms. The minimum absolute atomic E-state index is 0.0461. The lowest BCUT2D eigenvalue weighted by Crippen LogP contribution is -2.70. The molecule has 2 aliphatic rings. The molecular weight excluding hydrogens is 871 g/mol. The van der Waals surface area contributed by atoms with Crippen molar-refractivity contribution in [3.63, 3.8) is 0 Å². The number of ether oxygens (including phenoxy) is 2. The van der Waals surface area contributed by atoms with E-state index in [1.807, 2.05) is 26.0 Å². The molecule has 66 heavy (non-hydrogen) atoms. The number of rotatable bonds is 22. The van der Waals surface area contributed by atoms with Crippen LogP contribution in [0.4, 0.5) is 0 Å². The van der Waals surface area contributed by atoms with Crippen LogP contribution >= 0.6 is 11.8 Å². The highest BCUT2D eigenvalue weighted by Gasteiger charge is 2.64. The number of carboxylic acids is 1. The Morgan fingerprint density at radius 3 is 2.08 bits per heavy atom. The molecular formula is C48H57N5O12S. The molecule has 0 aliphatic carbocycles. The van der Waals surface area contributed by atoms with Crippen molar-refractivity contribution in [2.75, 3.05) is 26.2 Å². The maximum atomic E-state index is 13.8. The van der Waals surface area contributed by atoms with Gasteiger partial charge in [-0.05, 0) is 81.8 Å². The van der Waals surface area contributed by atoms with Gasteiger partial charge in [0.05, 0.1) is 11.5 Å². The summed E-state index contributed by atoms with van der Waals surface area (Å²) in [5.41, 5.74) is 2.95. The Balaban J connectivity index is 1.21. The number of esters is 2. The molecule has 3 aromatic carbocycles. The normalized spacial score (nSPS) is 17.3. The van der Waals surface area contributed by atoms with Crippen molar-refractivity contribution in [2.45, 2.75) is 108 Å².